The lowest BCUT2D eigenvalue weighted by Gasteiger charge is -2.09. The van der Waals surface area contributed by atoms with Gasteiger partial charge in [0, 0.05) is 11.3 Å². The van der Waals surface area contributed by atoms with Gasteiger partial charge in [-0.15, -0.1) is 0 Å². The predicted octanol–water partition coefficient (Wildman–Crippen LogP) is 3.64. The van der Waals surface area contributed by atoms with E-state index in [0.717, 1.165) is 5.75 Å². The van der Waals surface area contributed by atoms with Crippen LogP contribution in [-0.2, 0) is 10.0 Å². The lowest BCUT2D eigenvalue weighted by molar-refractivity contribution is 0.102. The lowest BCUT2D eigenvalue weighted by Crippen LogP contribution is -2.19. The fourth-order valence-corrected chi connectivity index (χ4v) is 3.13. The van der Waals surface area contributed by atoms with Gasteiger partial charge in [-0.3, -0.25) is 4.79 Å². The fourth-order valence-electron chi connectivity index (χ4n) is 2.36. The lowest BCUT2D eigenvalue weighted by atomic mass is 10.2. The summed E-state index contributed by atoms with van der Waals surface area (Å²) in [6.07, 6.45) is 0. The van der Waals surface area contributed by atoms with Gasteiger partial charge < -0.3 is 10.1 Å². The van der Waals surface area contributed by atoms with Crippen LogP contribution in [0.5, 0.6) is 11.5 Å². The average Bonchev–Trinajstić information content (AvgIpc) is 2.70. The summed E-state index contributed by atoms with van der Waals surface area (Å²) in [6.45, 7) is 0. The minimum absolute atomic E-state index is 0.0317. The van der Waals surface area contributed by atoms with Crippen LogP contribution >= 0.6 is 0 Å². The summed E-state index contributed by atoms with van der Waals surface area (Å²) in [6, 6.07) is 22.1. The second-order valence-corrected chi connectivity index (χ2v) is 7.52. The molecule has 0 bridgehead atoms. The Balaban J connectivity index is 1.70. The zero-order valence-corrected chi connectivity index (χ0v) is 15.4. The third-order valence-electron chi connectivity index (χ3n) is 3.77. The topological polar surface area (TPSA) is 84.5 Å². The van der Waals surface area contributed by atoms with Gasteiger partial charge in [-0.1, -0.05) is 24.3 Å². The van der Waals surface area contributed by atoms with Crippen molar-refractivity contribution in [1.82, 2.24) is 4.72 Å². The predicted molar refractivity (Wildman–Crippen MR) is 104 cm³/mol. The Morgan fingerprint density at radius 2 is 1.52 bits per heavy atom. The second kappa shape index (κ2) is 8.03. The van der Waals surface area contributed by atoms with Crippen LogP contribution in [0.3, 0.4) is 0 Å². The van der Waals surface area contributed by atoms with Crippen molar-refractivity contribution < 1.29 is 17.9 Å². The van der Waals surface area contributed by atoms with Gasteiger partial charge in [0.25, 0.3) is 5.91 Å². The van der Waals surface area contributed by atoms with Crippen LogP contribution in [0.4, 0.5) is 5.69 Å². The highest BCUT2D eigenvalue weighted by molar-refractivity contribution is 7.89. The number of amides is 1. The first-order valence-corrected chi connectivity index (χ1v) is 9.64. The zero-order valence-electron chi connectivity index (χ0n) is 14.5. The minimum atomic E-state index is -3.61. The van der Waals surface area contributed by atoms with E-state index < -0.39 is 15.9 Å². The summed E-state index contributed by atoms with van der Waals surface area (Å²) in [7, 11) is -2.29. The Morgan fingerprint density at radius 1 is 0.852 bits per heavy atom. The maximum Gasteiger partial charge on any atom is 0.255 e. The summed E-state index contributed by atoms with van der Waals surface area (Å²) in [5.41, 5.74) is 0.818. The third-order valence-corrected chi connectivity index (χ3v) is 5.18. The molecule has 0 aliphatic heterocycles. The maximum atomic E-state index is 12.4. The van der Waals surface area contributed by atoms with Crippen LogP contribution in [0.25, 0.3) is 0 Å². The zero-order chi connectivity index (χ0) is 19.3. The van der Waals surface area contributed by atoms with E-state index in [1.165, 1.54) is 25.2 Å². The van der Waals surface area contributed by atoms with E-state index in [-0.39, 0.29) is 10.5 Å². The number of carbonyl (C=O) groups is 1. The molecule has 0 aromatic heterocycles. The van der Waals surface area contributed by atoms with E-state index in [4.69, 9.17) is 4.74 Å². The monoisotopic (exact) mass is 382 g/mol. The number of hydrogen-bond acceptors (Lipinski definition) is 4. The molecule has 138 valence electrons. The van der Waals surface area contributed by atoms with Crippen LogP contribution in [0, 0.1) is 0 Å². The number of carbonyl (C=O) groups excluding carboxylic acids is 1. The molecule has 3 aromatic carbocycles. The standard InChI is InChI=1S/C20H18N2O4S/c1-21-27(24,25)19-9-5-6-15(14-19)20(23)22-16-10-12-18(13-11-16)26-17-7-3-2-4-8-17/h2-14,21H,1H3,(H,22,23). The molecule has 0 atom stereocenters. The SMILES string of the molecule is CNS(=O)(=O)c1cccc(C(=O)Nc2ccc(Oc3ccccc3)cc2)c1. The van der Waals surface area contributed by atoms with Gasteiger partial charge in [-0.2, -0.15) is 0 Å². The van der Waals surface area contributed by atoms with Crippen molar-refractivity contribution in [3.05, 3.63) is 84.4 Å². The molecule has 6 nitrogen and oxygen atoms in total. The van der Waals surface area contributed by atoms with Gasteiger partial charge in [-0.05, 0) is 61.6 Å². The summed E-state index contributed by atoms with van der Waals surface area (Å²) < 4.78 is 31.7. The molecule has 0 unspecified atom stereocenters. The number of hydrogen-bond donors (Lipinski definition) is 2. The highest BCUT2D eigenvalue weighted by Crippen LogP contribution is 2.23. The number of nitrogens with one attached hydrogen (secondary N) is 2. The Hall–Kier alpha value is -3.16. The first kappa shape index (κ1) is 18.6. The van der Waals surface area contributed by atoms with E-state index >= 15 is 0 Å². The van der Waals surface area contributed by atoms with E-state index in [1.54, 1.807) is 30.3 Å². The Bertz CT molecular complexity index is 1030. The molecule has 3 aromatic rings. The molecule has 2 N–H and O–H groups in total. The smallest absolute Gasteiger partial charge is 0.255 e. The highest BCUT2D eigenvalue weighted by atomic mass is 32.2. The number of benzene rings is 3. The molecule has 0 radical (unpaired) electrons. The van der Waals surface area contributed by atoms with Crippen molar-refractivity contribution in [3.8, 4) is 11.5 Å². The van der Waals surface area contributed by atoms with E-state index in [0.29, 0.717) is 11.4 Å². The first-order chi connectivity index (χ1) is 13.0. The molecular formula is C20H18N2O4S. The number of rotatable bonds is 6. The molecule has 0 fully saturated rings. The van der Waals surface area contributed by atoms with Gasteiger partial charge in [-0.25, -0.2) is 13.1 Å². The normalized spacial score (nSPS) is 11.0. The van der Waals surface area contributed by atoms with Gasteiger partial charge in [0.15, 0.2) is 0 Å². The van der Waals surface area contributed by atoms with Gasteiger partial charge in [0.05, 0.1) is 4.90 Å². The Kier molecular flexibility index (Phi) is 5.54. The van der Waals surface area contributed by atoms with Crippen molar-refractivity contribution in [2.45, 2.75) is 4.90 Å². The quantitative estimate of drug-likeness (QED) is 0.682. The first-order valence-electron chi connectivity index (χ1n) is 8.16. The second-order valence-electron chi connectivity index (χ2n) is 5.63. The molecule has 0 aliphatic carbocycles. The number of sulfonamides is 1. The van der Waals surface area contributed by atoms with Crippen LogP contribution in [0.15, 0.2) is 83.8 Å². The van der Waals surface area contributed by atoms with Gasteiger partial charge >= 0.3 is 0 Å². The molecule has 7 heteroatoms. The Morgan fingerprint density at radius 3 is 2.19 bits per heavy atom. The molecule has 3 rings (SSSR count). The number of anilines is 1. The Labute approximate surface area is 157 Å². The molecule has 1 amide bonds. The van der Waals surface area contributed by atoms with Crippen LogP contribution < -0.4 is 14.8 Å². The van der Waals surface area contributed by atoms with Crippen LogP contribution in [0.1, 0.15) is 10.4 Å². The van der Waals surface area contributed by atoms with E-state index in [2.05, 4.69) is 10.0 Å². The largest absolute Gasteiger partial charge is 0.457 e. The van der Waals surface area contributed by atoms with Gasteiger partial charge in [0.2, 0.25) is 10.0 Å². The van der Waals surface area contributed by atoms with Crippen molar-refractivity contribution in [2.24, 2.45) is 0 Å². The van der Waals surface area contributed by atoms with E-state index in [1.807, 2.05) is 30.3 Å². The average molecular weight is 382 g/mol. The van der Waals surface area contributed by atoms with Crippen molar-refractivity contribution in [2.75, 3.05) is 12.4 Å². The van der Waals surface area contributed by atoms with Crippen molar-refractivity contribution >= 4 is 21.6 Å². The van der Waals surface area contributed by atoms with Gasteiger partial charge in [0.1, 0.15) is 11.5 Å². The van der Waals surface area contributed by atoms with Crippen LogP contribution in [0.2, 0.25) is 0 Å². The summed E-state index contributed by atoms with van der Waals surface area (Å²) >= 11 is 0. The van der Waals surface area contributed by atoms with Crippen molar-refractivity contribution in [3.63, 3.8) is 0 Å². The van der Waals surface area contributed by atoms with Crippen LogP contribution in [-0.4, -0.2) is 21.4 Å². The molecular weight excluding hydrogens is 364 g/mol. The van der Waals surface area contributed by atoms with E-state index in [9.17, 15) is 13.2 Å². The molecule has 0 spiro atoms. The summed E-state index contributed by atoms with van der Waals surface area (Å²) in [5, 5.41) is 2.74. The van der Waals surface area contributed by atoms with Crippen molar-refractivity contribution in [1.29, 1.82) is 0 Å². The minimum Gasteiger partial charge on any atom is -0.457 e. The highest BCUT2D eigenvalue weighted by Gasteiger charge is 2.14. The molecule has 0 aliphatic rings. The summed E-state index contributed by atoms with van der Waals surface area (Å²) in [5.74, 6) is 0.957. The molecule has 27 heavy (non-hydrogen) atoms. The molecule has 0 saturated heterocycles. The molecule has 0 saturated carbocycles. The summed E-state index contributed by atoms with van der Waals surface area (Å²) in [4.78, 5) is 12.4. The number of ether oxygens (including phenoxy) is 1. The third kappa shape index (κ3) is 4.72. The maximum absolute atomic E-state index is 12.4. The number of para-hydroxylation sites is 1. The molecule has 0 heterocycles. The fraction of sp³-hybridized carbons (Fsp3) is 0.0500.